The summed E-state index contributed by atoms with van der Waals surface area (Å²) in [5.41, 5.74) is 0. The number of unbranched alkanes of at least 4 members (excludes halogenated alkanes) is 3. The van der Waals surface area contributed by atoms with Crippen LogP contribution >= 0.6 is 0 Å². The van der Waals surface area contributed by atoms with Gasteiger partial charge >= 0.3 is 23.1 Å². The molecule has 0 bridgehead atoms. The van der Waals surface area contributed by atoms with Gasteiger partial charge in [0.2, 0.25) is 0 Å². The predicted molar refractivity (Wildman–Crippen MR) is 49.4 cm³/mol. The van der Waals surface area contributed by atoms with E-state index in [0.29, 0.717) is 0 Å². The summed E-state index contributed by atoms with van der Waals surface area (Å²) in [6, 6.07) is 0. The van der Waals surface area contributed by atoms with Gasteiger partial charge in [-0.25, -0.2) is 0 Å². The van der Waals surface area contributed by atoms with Crippen LogP contribution in [0.2, 0.25) is 0 Å². The molecule has 2 heteroatoms. The van der Waals surface area contributed by atoms with Crippen LogP contribution in [-0.4, -0.2) is 23.1 Å². The van der Waals surface area contributed by atoms with E-state index in [1.54, 1.807) is 0 Å². The average molecular weight is 193 g/mol. The molecule has 0 amide bonds. The van der Waals surface area contributed by atoms with E-state index in [0.717, 1.165) is 32.1 Å². The van der Waals surface area contributed by atoms with Crippen molar-refractivity contribution in [2.75, 3.05) is 0 Å². The van der Waals surface area contributed by atoms with Crippen molar-refractivity contribution in [1.29, 1.82) is 0 Å². The van der Waals surface area contributed by atoms with Crippen LogP contribution in [0.15, 0.2) is 0 Å². The van der Waals surface area contributed by atoms with Crippen LogP contribution in [0.4, 0.5) is 0 Å². The first kappa shape index (κ1) is 18.1. The number of rotatable bonds is 3. The number of hydrogen-bond acceptors (Lipinski definition) is 0. The van der Waals surface area contributed by atoms with Crippen LogP contribution in [-0.2, 0) is 0 Å². The van der Waals surface area contributed by atoms with Gasteiger partial charge < -0.3 is 24.8 Å². The zero-order chi connectivity index (χ0) is 7.66. The Hall–Kier alpha value is 0.176. The molecule has 0 nitrogen and oxygen atoms in total. The summed E-state index contributed by atoms with van der Waals surface area (Å²) in [5, 5.41) is 0. The van der Waals surface area contributed by atoms with Gasteiger partial charge in [0.25, 0.3) is 0 Å². The predicted octanol–water partition coefficient (Wildman–Crippen LogP) is -0.827. The Kier molecular flexibility index (Phi) is 26.1. The van der Waals surface area contributed by atoms with Crippen molar-refractivity contribution in [2.24, 2.45) is 0 Å². The van der Waals surface area contributed by atoms with E-state index in [2.05, 4.69) is 24.7 Å². The first-order valence-corrected chi connectivity index (χ1v) is 3.77. The second kappa shape index (κ2) is 17.3. The summed E-state index contributed by atoms with van der Waals surface area (Å²) >= 11 is 0. The molecule has 0 N–H and O–H groups in total. The molecule has 0 aromatic rings. The Morgan fingerprint density at radius 3 is 2.17 bits per heavy atom. The summed E-state index contributed by atoms with van der Waals surface area (Å²) < 4.78 is 0. The fraction of sp³-hybridized carbons (Fsp3) is 0.600. The third-order valence-corrected chi connectivity index (χ3v) is 1.16. The topological polar surface area (TPSA) is 0 Å². The first-order chi connectivity index (χ1) is 4.91. The molecule has 0 aromatic heterocycles. The van der Waals surface area contributed by atoms with Crippen molar-refractivity contribution in [3.8, 4) is 17.8 Å². The van der Waals surface area contributed by atoms with Crippen molar-refractivity contribution in [3.63, 3.8) is 0 Å². The maximum atomic E-state index is 6.63. The van der Waals surface area contributed by atoms with Crippen molar-refractivity contribution in [3.05, 3.63) is 6.42 Å². The maximum absolute atomic E-state index is 6.63. The molecule has 0 radical (unpaired) electrons. The van der Waals surface area contributed by atoms with Gasteiger partial charge in [0.05, 0.1) is 0 Å². The van der Waals surface area contributed by atoms with Crippen molar-refractivity contribution in [2.45, 2.75) is 39.0 Å². The number of halogens is 1. The Morgan fingerprint density at radius 1 is 1.08 bits per heavy atom. The third kappa shape index (κ3) is 16.6. The van der Waals surface area contributed by atoms with Gasteiger partial charge in [-0.3, -0.25) is 0 Å². The fourth-order valence-electron chi connectivity index (χ4n) is 0.640. The van der Waals surface area contributed by atoms with E-state index in [-0.39, 0.29) is 35.5 Å². The van der Waals surface area contributed by atoms with Crippen LogP contribution in [0.25, 0.3) is 0 Å². The van der Waals surface area contributed by atoms with E-state index in [1.165, 1.54) is 0 Å². The molecule has 0 aliphatic carbocycles. The molecule has 0 saturated heterocycles. The molecular formula is C10H13ClMg. The molecule has 0 atom stereocenters. The smallest absolute Gasteiger partial charge is 1.00 e. The normalized spacial score (nSPS) is 6.33. The molecule has 0 spiro atoms. The molecule has 0 aliphatic rings. The van der Waals surface area contributed by atoms with Gasteiger partial charge in [-0.1, -0.05) is 6.92 Å². The zero-order valence-corrected chi connectivity index (χ0v) is 9.79. The van der Waals surface area contributed by atoms with Gasteiger partial charge in [0, 0.05) is 12.8 Å². The van der Waals surface area contributed by atoms with Gasteiger partial charge in [-0.15, -0.1) is 11.8 Å². The fourth-order valence-corrected chi connectivity index (χ4v) is 0.640. The Balaban J connectivity index is -0.000000405. The summed E-state index contributed by atoms with van der Waals surface area (Å²) in [6.45, 7) is 2.05. The minimum Gasteiger partial charge on any atom is -1.00 e. The molecule has 0 aliphatic heterocycles. The molecule has 62 valence electrons. The second-order valence-electron chi connectivity index (χ2n) is 2.09. The second-order valence-corrected chi connectivity index (χ2v) is 2.09. The van der Waals surface area contributed by atoms with Gasteiger partial charge in [-0.05, 0) is 19.3 Å². The summed E-state index contributed by atoms with van der Waals surface area (Å²) in [6.07, 6.45) is 11.5. The molecule has 0 fully saturated rings. The van der Waals surface area contributed by atoms with Crippen molar-refractivity contribution < 1.29 is 12.4 Å². The standard InChI is InChI=1S/C10H13.ClH.Mg/c1-3-5-7-9-10-8-6-4-2;;/h3,6,8-10H2,1H3;1H;/q-1;;+2/p-1. The molecule has 0 aromatic carbocycles. The van der Waals surface area contributed by atoms with E-state index in [1.807, 2.05) is 0 Å². The van der Waals surface area contributed by atoms with Crippen molar-refractivity contribution >= 4 is 23.1 Å². The monoisotopic (exact) mass is 192 g/mol. The minimum atomic E-state index is 0. The van der Waals surface area contributed by atoms with Crippen LogP contribution in [0, 0.1) is 24.2 Å². The van der Waals surface area contributed by atoms with E-state index in [9.17, 15) is 0 Å². The third-order valence-electron chi connectivity index (χ3n) is 1.16. The summed E-state index contributed by atoms with van der Waals surface area (Å²) in [5.74, 6) is 8.42. The minimum absolute atomic E-state index is 0. The average Bonchev–Trinajstić information content (AvgIpc) is 1.97. The van der Waals surface area contributed by atoms with Gasteiger partial charge in [0.1, 0.15) is 0 Å². The Labute approximate surface area is 98.4 Å². The van der Waals surface area contributed by atoms with Gasteiger partial charge in [-0.2, -0.15) is 0 Å². The molecule has 12 heavy (non-hydrogen) atoms. The van der Waals surface area contributed by atoms with Crippen LogP contribution in [0.1, 0.15) is 39.0 Å². The summed E-state index contributed by atoms with van der Waals surface area (Å²) in [7, 11) is 0. The molecule has 0 rings (SSSR count). The van der Waals surface area contributed by atoms with E-state index < -0.39 is 0 Å². The van der Waals surface area contributed by atoms with Crippen molar-refractivity contribution in [1.82, 2.24) is 0 Å². The van der Waals surface area contributed by atoms with Crippen LogP contribution in [0.3, 0.4) is 0 Å². The van der Waals surface area contributed by atoms with Gasteiger partial charge in [0.15, 0.2) is 0 Å². The van der Waals surface area contributed by atoms with E-state index >= 15 is 0 Å². The number of hydrogen-bond donors (Lipinski definition) is 0. The summed E-state index contributed by atoms with van der Waals surface area (Å²) in [4.78, 5) is 0. The SMILES string of the molecule is [C-]#CCCCCC#CCC.[Cl-].[Mg+2]. The largest absolute Gasteiger partial charge is 2.00 e. The molecule has 0 saturated carbocycles. The van der Waals surface area contributed by atoms with Crippen LogP contribution < -0.4 is 12.4 Å². The Morgan fingerprint density at radius 2 is 1.67 bits per heavy atom. The molecule has 0 heterocycles. The first-order valence-electron chi connectivity index (χ1n) is 3.77. The molecule has 0 unspecified atom stereocenters. The zero-order valence-electron chi connectivity index (χ0n) is 7.62. The van der Waals surface area contributed by atoms with E-state index in [4.69, 9.17) is 6.42 Å². The molecular weight excluding hydrogens is 180 g/mol. The quantitative estimate of drug-likeness (QED) is 0.237. The maximum Gasteiger partial charge on any atom is 2.00 e. The Bertz CT molecular complexity index is 159. The van der Waals surface area contributed by atoms with Crippen LogP contribution in [0.5, 0.6) is 0 Å².